The van der Waals surface area contributed by atoms with Crippen LogP contribution < -0.4 is 29.6 Å². The van der Waals surface area contributed by atoms with Gasteiger partial charge in [-0.2, -0.15) is 6.92 Å². The molecule has 0 saturated carbocycles. The Kier molecular flexibility index (Phi) is 100. The number of hydrogen-bond acceptors (Lipinski definition) is 1. The minimum atomic E-state index is 0. The van der Waals surface area contributed by atoms with Crippen molar-refractivity contribution in [1.82, 2.24) is 0 Å². The van der Waals surface area contributed by atoms with Gasteiger partial charge in [0, 0.05) is 6.61 Å². The first-order valence-electron chi connectivity index (χ1n) is 1.73. The summed E-state index contributed by atoms with van der Waals surface area (Å²) in [6.45, 7) is 6.93. The molecule has 1 N–H and O–H groups in total. The van der Waals surface area contributed by atoms with Crippen molar-refractivity contribution in [3.8, 4) is 0 Å². The van der Waals surface area contributed by atoms with E-state index in [1.807, 2.05) is 0 Å². The van der Waals surface area contributed by atoms with Crippen LogP contribution in [0.25, 0.3) is 0 Å². The van der Waals surface area contributed by atoms with Crippen LogP contribution in [0, 0.1) is 6.92 Å². The smallest absolute Gasteiger partial charge is 0.397 e. The number of hydrogen-bond donors (Lipinski definition) is 1. The van der Waals surface area contributed by atoms with E-state index in [0.717, 1.165) is 0 Å². The number of aliphatic hydroxyl groups is 1. The Morgan fingerprint density at radius 2 is 1.50 bits per heavy atom. The van der Waals surface area contributed by atoms with Crippen molar-refractivity contribution < 1.29 is 34.7 Å². The van der Waals surface area contributed by atoms with Crippen LogP contribution in [0.3, 0.4) is 0 Å². The maximum absolute atomic E-state index is 7.57. The first-order valence-corrected chi connectivity index (χ1v) is 1.73. The van der Waals surface area contributed by atoms with Crippen LogP contribution >= 0.6 is 0 Å². The third kappa shape index (κ3) is 84.4. The molecule has 0 atom stereocenters. The minimum absolute atomic E-state index is 0. The van der Waals surface area contributed by atoms with E-state index in [2.05, 4.69) is 6.92 Å². The van der Waals surface area contributed by atoms with Gasteiger partial charge in [0.15, 0.2) is 0 Å². The molecule has 0 heterocycles. The average molecular weight is 98.1 g/mol. The predicted molar refractivity (Wildman–Crippen MR) is 23.8 cm³/mol. The van der Waals surface area contributed by atoms with Crippen molar-refractivity contribution in [3.05, 3.63) is 6.92 Å². The summed E-state index contributed by atoms with van der Waals surface area (Å²) in [5.41, 5.74) is 0. The van der Waals surface area contributed by atoms with Gasteiger partial charge >= 0.3 is 29.6 Å². The standard InChI is InChI=1S/C2H6O.C2H5.Na/c1-2-3;1-2;/h3H,2H2,1H3;1H2,2H3;/q;-1;+1. The van der Waals surface area contributed by atoms with Gasteiger partial charge in [0.05, 0.1) is 0 Å². The van der Waals surface area contributed by atoms with Gasteiger partial charge in [-0.1, -0.05) is 0 Å². The van der Waals surface area contributed by atoms with Crippen LogP contribution in [0.4, 0.5) is 0 Å². The van der Waals surface area contributed by atoms with Crippen LogP contribution in [0.15, 0.2) is 0 Å². The molecule has 0 aromatic heterocycles. The van der Waals surface area contributed by atoms with E-state index in [1.54, 1.807) is 13.8 Å². The SMILES string of the molecule is CCO.[CH2-]C.[Na+]. The van der Waals surface area contributed by atoms with Crippen molar-refractivity contribution >= 4 is 0 Å². The molecule has 0 aliphatic carbocycles. The van der Waals surface area contributed by atoms with E-state index < -0.39 is 0 Å². The molecule has 0 bridgehead atoms. The maximum Gasteiger partial charge on any atom is 1.00 e. The fraction of sp³-hybridized carbons (Fsp3) is 0.750. The van der Waals surface area contributed by atoms with E-state index in [-0.39, 0.29) is 36.2 Å². The Hall–Kier alpha value is 0.960. The number of aliphatic hydroxyl groups excluding tert-OH is 1. The second-order valence-corrected chi connectivity index (χ2v) is 0.316. The summed E-state index contributed by atoms with van der Waals surface area (Å²) >= 11 is 0. The van der Waals surface area contributed by atoms with Gasteiger partial charge in [-0.05, 0) is 6.92 Å². The zero-order valence-electron chi connectivity index (χ0n) is 4.86. The molecular weight excluding hydrogens is 87.0 g/mol. The van der Waals surface area contributed by atoms with Gasteiger partial charge in [-0.3, -0.25) is 0 Å². The van der Waals surface area contributed by atoms with E-state index in [1.165, 1.54) is 0 Å². The fourth-order valence-corrected chi connectivity index (χ4v) is 0. The summed E-state index contributed by atoms with van der Waals surface area (Å²) in [7, 11) is 0. The summed E-state index contributed by atoms with van der Waals surface area (Å²) in [6, 6.07) is 0. The molecule has 0 aromatic carbocycles. The van der Waals surface area contributed by atoms with Gasteiger partial charge in [-0.15, -0.1) is 0 Å². The molecule has 0 unspecified atom stereocenters. The van der Waals surface area contributed by atoms with E-state index in [0.29, 0.717) is 0 Å². The van der Waals surface area contributed by atoms with Crippen LogP contribution in [0.2, 0.25) is 0 Å². The molecule has 0 rings (SSSR count). The van der Waals surface area contributed by atoms with Gasteiger partial charge in [-0.25, -0.2) is 0 Å². The molecule has 6 heavy (non-hydrogen) atoms. The van der Waals surface area contributed by atoms with Crippen LogP contribution in [0.5, 0.6) is 0 Å². The first kappa shape index (κ1) is 15.8. The normalized spacial score (nSPS) is 4.00. The monoisotopic (exact) mass is 98.1 g/mol. The van der Waals surface area contributed by atoms with Crippen molar-refractivity contribution in [2.45, 2.75) is 13.8 Å². The minimum Gasteiger partial charge on any atom is -0.397 e. The Morgan fingerprint density at radius 3 is 1.50 bits per heavy atom. The average Bonchev–Trinajstić information content (AvgIpc) is 1.46. The zero-order chi connectivity index (χ0) is 4.71. The third-order valence-corrected chi connectivity index (χ3v) is 0. The molecule has 0 aliphatic heterocycles. The largest absolute Gasteiger partial charge is 1.00 e. The van der Waals surface area contributed by atoms with Crippen LogP contribution in [-0.2, 0) is 0 Å². The molecule has 34 valence electrons. The van der Waals surface area contributed by atoms with Gasteiger partial charge < -0.3 is 12.0 Å². The Labute approximate surface area is 62.0 Å². The summed E-state index contributed by atoms with van der Waals surface area (Å²) in [6.07, 6.45) is 0. The summed E-state index contributed by atoms with van der Waals surface area (Å²) in [4.78, 5) is 0. The molecule has 0 saturated heterocycles. The molecule has 0 aliphatic rings. The molecule has 0 aromatic rings. The molecular formula is C4H11NaO. The molecule has 0 radical (unpaired) electrons. The number of rotatable bonds is 0. The Morgan fingerprint density at radius 1 is 1.50 bits per heavy atom. The third-order valence-electron chi connectivity index (χ3n) is 0. The topological polar surface area (TPSA) is 20.2 Å². The van der Waals surface area contributed by atoms with Crippen LogP contribution in [-0.4, -0.2) is 11.7 Å². The van der Waals surface area contributed by atoms with Gasteiger partial charge in [0.25, 0.3) is 0 Å². The second-order valence-electron chi connectivity index (χ2n) is 0.316. The Balaban J connectivity index is -0.0000000275. The van der Waals surface area contributed by atoms with E-state index in [4.69, 9.17) is 5.11 Å². The molecule has 0 fully saturated rings. The van der Waals surface area contributed by atoms with E-state index >= 15 is 0 Å². The molecule has 2 heteroatoms. The van der Waals surface area contributed by atoms with E-state index in [9.17, 15) is 0 Å². The molecule has 0 spiro atoms. The van der Waals surface area contributed by atoms with Crippen molar-refractivity contribution in [2.75, 3.05) is 6.61 Å². The zero-order valence-corrected chi connectivity index (χ0v) is 6.86. The van der Waals surface area contributed by atoms with Crippen LogP contribution in [0.1, 0.15) is 13.8 Å². The van der Waals surface area contributed by atoms with Crippen molar-refractivity contribution in [1.29, 1.82) is 0 Å². The van der Waals surface area contributed by atoms with Gasteiger partial charge in [0.2, 0.25) is 0 Å². The maximum atomic E-state index is 7.57. The molecule has 1 nitrogen and oxygen atoms in total. The molecule has 0 amide bonds. The quantitative estimate of drug-likeness (QED) is 0.270. The van der Waals surface area contributed by atoms with Gasteiger partial charge in [0.1, 0.15) is 0 Å². The summed E-state index contributed by atoms with van der Waals surface area (Å²) < 4.78 is 0. The predicted octanol–water partition coefficient (Wildman–Crippen LogP) is -2.16. The Bertz CT molecular complexity index is 7.51. The first-order chi connectivity index (χ1) is 2.41. The summed E-state index contributed by atoms with van der Waals surface area (Å²) in [5, 5.41) is 7.57. The van der Waals surface area contributed by atoms with Crippen molar-refractivity contribution in [2.24, 2.45) is 0 Å². The van der Waals surface area contributed by atoms with Crippen molar-refractivity contribution in [3.63, 3.8) is 0 Å². The summed E-state index contributed by atoms with van der Waals surface area (Å²) in [5.74, 6) is 0. The fourth-order valence-electron chi connectivity index (χ4n) is 0. The second kappa shape index (κ2) is 38.2.